The molecule has 90 valence electrons. The number of ether oxygens (including phenoxy) is 1. The Hall–Kier alpha value is -0.170. The summed E-state index contributed by atoms with van der Waals surface area (Å²) in [6.07, 6.45) is 3.18. The van der Waals surface area contributed by atoms with Gasteiger partial charge in [0.05, 0.1) is 12.9 Å². The summed E-state index contributed by atoms with van der Waals surface area (Å²) < 4.78 is 29.8. The fraction of sp³-hybridized carbons (Fsp3) is 1.00. The van der Waals surface area contributed by atoms with Gasteiger partial charge in [0.25, 0.3) is 0 Å². The first-order chi connectivity index (χ1) is 7.01. The maximum atomic E-state index is 11.1. The summed E-state index contributed by atoms with van der Waals surface area (Å²) in [5, 5.41) is 0. The van der Waals surface area contributed by atoms with Gasteiger partial charge in [0.1, 0.15) is 0 Å². The molecular weight excluding hydrogens is 216 g/mol. The van der Waals surface area contributed by atoms with Crippen LogP contribution in [-0.2, 0) is 14.8 Å². The Morgan fingerprint density at radius 3 is 2.87 bits per heavy atom. The van der Waals surface area contributed by atoms with Gasteiger partial charge in [-0.25, -0.2) is 13.1 Å². The molecule has 1 heterocycles. The third kappa shape index (κ3) is 5.46. The minimum Gasteiger partial charge on any atom is -0.383 e. The molecule has 0 aromatic carbocycles. The average molecular weight is 236 g/mol. The highest BCUT2D eigenvalue weighted by Crippen LogP contribution is 2.10. The van der Waals surface area contributed by atoms with Crippen molar-refractivity contribution in [1.29, 1.82) is 0 Å². The number of nitrogens with one attached hydrogen (secondary N) is 1. The number of methoxy groups -OCH3 is 1. The molecular formula is C9H20N2O3S. The van der Waals surface area contributed by atoms with Gasteiger partial charge >= 0.3 is 0 Å². The number of likely N-dealkylation sites (tertiary alicyclic amines) is 1. The van der Waals surface area contributed by atoms with Gasteiger partial charge in [-0.2, -0.15) is 0 Å². The number of rotatable bonds is 5. The molecule has 0 amide bonds. The molecule has 15 heavy (non-hydrogen) atoms. The fourth-order valence-corrected chi connectivity index (χ4v) is 2.68. The van der Waals surface area contributed by atoms with Crippen LogP contribution in [0.3, 0.4) is 0 Å². The Balaban J connectivity index is 2.35. The second-order valence-electron chi connectivity index (χ2n) is 4.02. The smallest absolute Gasteiger partial charge is 0.208 e. The van der Waals surface area contributed by atoms with Gasteiger partial charge < -0.3 is 4.74 Å². The van der Waals surface area contributed by atoms with Gasteiger partial charge in [0.15, 0.2) is 0 Å². The van der Waals surface area contributed by atoms with Crippen LogP contribution in [-0.4, -0.2) is 59.0 Å². The lowest BCUT2D eigenvalue weighted by Gasteiger charge is -2.32. The van der Waals surface area contributed by atoms with Gasteiger partial charge in [-0.05, 0) is 19.4 Å². The van der Waals surface area contributed by atoms with Gasteiger partial charge in [-0.3, -0.25) is 4.90 Å². The second kappa shape index (κ2) is 5.79. The molecule has 0 bridgehead atoms. The highest BCUT2D eigenvalue weighted by molar-refractivity contribution is 7.88. The van der Waals surface area contributed by atoms with Crippen LogP contribution in [0.2, 0.25) is 0 Å². The van der Waals surface area contributed by atoms with Crippen molar-refractivity contribution in [1.82, 2.24) is 9.62 Å². The third-order valence-corrected chi connectivity index (χ3v) is 3.26. The van der Waals surface area contributed by atoms with Crippen LogP contribution in [0.25, 0.3) is 0 Å². The summed E-state index contributed by atoms with van der Waals surface area (Å²) in [5.41, 5.74) is 0. The van der Waals surface area contributed by atoms with Crippen molar-refractivity contribution in [3.05, 3.63) is 0 Å². The van der Waals surface area contributed by atoms with Crippen LogP contribution in [0, 0.1) is 0 Å². The highest BCUT2D eigenvalue weighted by atomic mass is 32.2. The Kier molecular flexibility index (Phi) is 4.98. The number of piperidine rings is 1. The Morgan fingerprint density at radius 1 is 1.53 bits per heavy atom. The molecule has 1 atom stereocenters. The number of hydrogen-bond acceptors (Lipinski definition) is 4. The molecule has 5 nitrogen and oxygen atoms in total. The molecule has 0 aromatic rings. The van der Waals surface area contributed by atoms with Crippen molar-refractivity contribution < 1.29 is 13.2 Å². The van der Waals surface area contributed by atoms with Crippen LogP contribution in [0.1, 0.15) is 12.8 Å². The standard InChI is InChI=1S/C9H20N2O3S/c1-14-7-6-11-5-3-4-9(8-11)10-15(2,12)13/h9-10H,3-8H2,1-2H3. The molecule has 1 unspecified atom stereocenters. The largest absolute Gasteiger partial charge is 0.383 e. The van der Waals surface area contributed by atoms with E-state index in [4.69, 9.17) is 4.74 Å². The van der Waals surface area contributed by atoms with E-state index in [1.807, 2.05) is 0 Å². The van der Waals surface area contributed by atoms with Gasteiger partial charge in [0.2, 0.25) is 10.0 Å². The molecule has 0 radical (unpaired) electrons. The summed E-state index contributed by atoms with van der Waals surface area (Å²) in [5.74, 6) is 0. The first-order valence-electron chi connectivity index (χ1n) is 5.20. The van der Waals surface area contributed by atoms with Gasteiger partial charge in [-0.1, -0.05) is 0 Å². The molecule has 1 N–H and O–H groups in total. The lowest BCUT2D eigenvalue weighted by molar-refractivity contribution is 0.126. The van der Waals surface area contributed by atoms with Crippen LogP contribution in [0.4, 0.5) is 0 Å². The maximum Gasteiger partial charge on any atom is 0.208 e. The van der Waals surface area contributed by atoms with Gasteiger partial charge in [-0.15, -0.1) is 0 Å². The second-order valence-corrected chi connectivity index (χ2v) is 5.80. The topological polar surface area (TPSA) is 58.6 Å². The van der Waals surface area contributed by atoms with Crippen molar-refractivity contribution >= 4 is 10.0 Å². The molecule has 0 saturated carbocycles. The van der Waals surface area contributed by atoms with Crippen molar-refractivity contribution in [2.24, 2.45) is 0 Å². The maximum absolute atomic E-state index is 11.1. The predicted molar refractivity (Wildman–Crippen MR) is 59.3 cm³/mol. The Labute approximate surface area is 91.8 Å². The predicted octanol–water partition coefficient (Wildman–Crippen LogP) is -0.354. The monoisotopic (exact) mass is 236 g/mol. The Bertz CT molecular complexity index is 279. The molecule has 0 spiro atoms. The van der Waals surface area contributed by atoms with Crippen LogP contribution in [0.5, 0.6) is 0 Å². The highest BCUT2D eigenvalue weighted by Gasteiger charge is 2.21. The lowest BCUT2D eigenvalue weighted by Crippen LogP contribution is -2.48. The minimum absolute atomic E-state index is 0.0607. The van der Waals surface area contributed by atoms with Crippen LogP contribution >= 0.6 is 0 Å². The van der Waals surface area contributed by atoms with Crippen molar-refractivity contribution in [3.63, 3.8) is 0 Å². The van der Waals surface area contributed by atoms with E-state index in [1.54, 1.807) is 7.11 Å². The van der Waals surface area contributed by atoms with E-state index in [1.165, 1.54) is 6.26 Å². The van der Waals surface area contributed by atoms with E-state index in [9.17, 15) is 8.42 Å². The molecule has 6 heteroatoms. The van der Waals surface area contributed by atoms with Crippen LogP contribution in [0.15, 0.2) is 0 Å². The van der Waals surface area contributed by atoms with E-state index < -0.39 is 10.0 Å². The average Bonchev–Trinajstić information content (AvgIpc) is 2.12. The number of hydrogen-bond donors (Lipinski definition) is 1. The fourth-order valence-electron chi connectivity index (χ4n) is 1.88. The molecule has 0 aliphatic carbocycles. The van der Waals surface area contributed by atoms with Gasteiger partial charge in [0, 0.05) is 26.2 Å². The zero-order chi connectivity index (χ0) is 11.3. The number of nitrogens with zero attached hydrogens (tertiary/aromatic N) is 1. The summed E-state index contributed by atoms with van der Waals surface area (Å²) in [6.45, 7) is 3.39. The van der Waals surface area contributed by atoms with E-state index in [2.05, 4.69) is 9.62 Å². The first-order valence-corrected chi connectivity index (χ1v) is 7.09. The summed E-state index contributed by atoms with van der Waals surface area (Å²) >= 11 is 0. The van der Waals surface area contributed by atoms with E-state index in [-0.39, 0.29) is 6.04 Å². The van der Waals surface area contributed by atoms with E-state index in [0.29, 0.717) is 6.61 Å². The quantitative estimate of drug-likeness (QED) is 0.708. The van der Waals surface area contributed by atoms with E-state index in [0.717, 1.165) is 32.5 Å². The molecule has 1 rings (SSSR count). The summed E-state index contributed by atoms with van der Waals surface area (Å²) in [4.78, 5) is 2.23. The summed E-state index contributed by atoms with van der Waals surface area (Å²) in [6, 6.07) is 0.0607. The van der Waals surface area contributed by atoms with Crippen molar-refractivity contribution in [3.8, 4) is 0 Å². The van der Waals surface area contributed by atoms with E-state index >= 15 is 0 Å². The SMILES string of the molecule is COCCN1CCCC(NS(C)(=O)=O)C1. The lowest BCUT2D eigenvalue weighted by atomic mass is 10.1. The zero-order valence-corrected chi connectivity index (χ0v) is 10.2. The first kappa shape index (κ1) is 12.9. The molecule has 1 aliphatic rings. The molecule has 1 saturated heterocycles. The van der Waals surface area contributed by atoms with Crippen LogP contribution < -0.4 is 4.72 Å². The number of sulfonamides is 1. The van der Waals surface area contributed by atoms with Crippen molar-refractivity contribution in [2.75, 3.05) is 39.6 Å². The van der Waals surface area contributed by atoms with Crippen molar-refractivity contribution in [2.45, 2.75) is 18.9 Å². The molecule has 1 aliphatic heterocycles. The Morgan fingerprint density at radius 2 is 2.27 bits per heavy atom. The minimum atomic E-state index is -3.08. The normalized spacial score (nSPS) is 24.3. The third-order valence-electron chi connectivity index (χ3n) is 2.50. The molecule has 1 fully saturated rings. The molecule has 0 aromatic heterocycles. The summed E-state index contributed by atoms with van der Waals surface area (Å²) in [7, 11) is -1.40. The zero-order valence-electron chi connectivity index (χ0n) is 9.40.